The maximum absolute atomic E-state index is 12.8. The number of aromatic amines is 1. The third kappa shape index (κ3) is 2.85. The van der Waals surface area contributed by atoms with Crippen molar-refractivity contribution in [2.24, 2.45) is 0 Å². The number of H-pyrrole nitrogens is 1. The molecule has 21 heavy (non-hydrogen) atoms. The molecule has 0 saturated carbocycles. The van der Waals surface area contributed by atoms with Gasteiger partial charge in [-0.2, -0.15) is 9.40 Å². The van der Waals surface area contributed by atoms with E-state index < -0.39 is 10.0 Å². The van der Waals surface area contributed by atoms with Gasteiger partial charge in [0, 0.05) is 31.2 Å². The lowest BCUT2D eigenvalue weighted by Gasteiger charge is -2.23. The monoisotopic (exact) mass is 313 g/mol. The number of sulfonamides is 1. The number of aromatic nitrogens is 2. The van der Waals surface area contributed by atoms with E-state index in [1.807, 2.05) is 0 Å². The number of nitrogens with one attached hydrogen (secondary N) is 2. The van der Waals surface area contributed by atoms with Crippen molar-refractivity contribution in [1.82, 2.24) is 24.7 Å². The van der Waals surface area contributed by atoms with Gasteiger partial charge < -0.3 is 5.32 Å². The third-order valence-corrected chi connectivity index (χ3v) is 6.31. The van der Waals surface area contributed by atoms with Gasteiger partial charge in [0.25, 0.3) is 10.0 Å². The molecule has 0 radical (unpaired) electrons. The van der Waals surface area contributed by atoms with E-state index in [1.165, 1.54) is 12.8 Å². The first-order chi connectivity index (χ1) is 10.1. The highest BCUT2D eigenvalue weighted by atomic mass is 32.2. The van der Waals surface area contributed by atoms with Crippen molar-refractivity contribution in [3.05, 3.63) is 11.8 Å². The van der Waals surface area contributed by atoms with Gasteiger partial charge in [-0.25, -0.2) is 8.42 Å². The summed E-state index contributed by atoms with van der Waals surface area (Å²) in [4.78, 5) is 2.43. The summed E-state index contributed by atoms with van der Waals surface area (Å²) in [6.07, 6.45) is 4.97. The Bertz CT molecular complexity index is 579. The van der Waals surface area contributed by atoms with Gasteiger partial charge in [0.05, 0.1) is 6.20 Å². The Hall–Kier alpha value is -0.960. The Labute approximate surface area is 125 Å². The molecular weight excluding hydrogens is 290 g/mol. The van der Waals surface area contributed by atoms with Crippen molar-refractivity contribution in [2.75, 3.05) is 33.2 Å². The topological polar surface area (TPSA) is 81.3 Å². The normalized spacial score (nSPS) is 24.9. The Kier molecular flexibility index (Phi) is 4.30. The highest BCUT2D eigenvalue weighted by molar-refractivity contribution is 7.89. The quantitative estimate of drug-likeness (QED) is 0.799. The van der Waals surface area contributed by atoms with E-state index in [-0.39, 0.29) is 5.03 Å². The number of rotatable bonds is 5. The third-order valence-electron chi connectivity index (χ3n) is 4.43. The van der Waals surface area contributed by atoms with Crippen molar-refractivity contribution in [3.8, 4) is 0 Å². The zero-order valence-electron chi connectivity index (χ0n) is 12.4. The molecule has 1 aromatic heterocycles. The Morgan fingerprint density at radius 1 is 1.38 bits per heavy atom. The van der Waals surface area contributed by atoms with Crippen LogP contribution in [-0.2, 0) is 16.6 Å². The zero-order chi connectivity index (χ0) is 14.9. The van der Waals surface area contributed by atoms with Crippen LogP contribution in [0.25, 0.3) is 0 Å². The molecule has 1 unspecified atom stereocenters. The molecule has 0 aliphatic carbocycles. The predicted octanol–water partition coefficient (Wildman–Crippen LogP) is -0.0121. The summed E-state index contributed by atoms with van der Waals surface area (Å²) in [7, 11) is -1.67. The Morgan fingerprint density at radius 3 is 2.86 bits per heavy atom. The molecule has 0 spiro atoms. The molecule has 8 heteroatoms. The van der Waals surface area contributed by atoms with Crippen LogP contribution in [0.2, 0.25) is 0 Å². The fourth-order valence-corrected chi connectivity index (χ4v) is 4.90. The van der Waals surface area contributed by atoms with Crippen LogP contribution < -0.4 is 5.32 Å². The lowest BCUT2D eigenvalue weighted by atomic mass is 10.2. The summed E-state index contributed by atoms with van der Waals surface area (Å²) in [5, 5.41) is 9.76. The highest BCUT2D eigenvalue weighted by Gasteiger charge is 2.37. The molecule has 1 aromatic rings. The van der Waals surface area contributed by atoms with E-state index in [2.05, 4.69) is 20.4 Å². The molecule has 2 saturated heterocycles. The number of hydrogen-bond donors (Lipinski definition) is 2. The van der Waals surface area contributed by atoms with Crippen LogP contribution in [0.3, 0.4) is 0 Å². The zero-order valence-corrected chi connectivity index (χ0v) is 13.2. The van der Waals surface area contributed by atoms with Gasteiger partial charge in [-0.3, -0.25) is 10.00 Å². The average Bonchev–Trinajstić information content (AvgIpc) is 3.20. The van der Waals surface area contributed by atoms with Gasteiger partial charge >= 0.3 is 0 Å². The van der Waals surface area contributed by atoms with Gasteiger partial charge in [0.1, 0.15) is 0 Å². The van der Waals surface area contributed by atoms with Crippen LogP contribution in [0.4, 0.5) is 0 Å². The summed E-state index contributed by atoms with van der Waals surface area (Å²) < 4.78 is 27.1. The van der Waals surface area contributed by atoms with Crippen LogP contribution in [0, 0.1) is 0 Å². The van der Waals surface area contributed by atoms with Gasteiger partial charge in [-0.05, 0) is 39.4 Å². The molecule has 1 atom stereocenters. The van der Waals surface area contributed by atoms with Crippen LogP contribution in [0.15, 0.2) is 11.2 Å². The molecule has 0 aromatic carbocycles. The maximum atomic E-state index is 12.8. The molecular formula is C13H23N5O2S. The Balaban J connectivity index is 1.75. The number of hydrogen-bond acceptors (Lipinski definition) is 5. The van der Waals surface area contributed by atoms with Crippen molar-refractivity contribution in [2.45, 2.75) is 36.9 Å². The molecule has 3 rings (SSSR count). The molecule has 2 aliphatic rings. The van der Waals surface area contributed by atoms with E-state index in [0.717, 1.165) is 19.5 Å². The summed E-state index contributed by atoms with van der Waals surface area (Å²) in [6.45, 7) is 3.90. The molecule has 2 aliphatic heterocycles. The summed E-state index contributed by atoms with van der Waals surface area (Å²) in [5.41, 5.74) is 0.696. The first-order valence-electron chi connectivity index (χ1n) is 7.54. The summed E-state index contributed by atoms with van der Waals surface area (Å²) in [6, 6.07) is 0.373. The minimum atomic E-state index is -3.46. The van der Waals surface area contributed by atoms with E-state index in [1.54, 1.807) is 17.5 Å². The minimum Gasteiger partial charge on any atom is -0.316 e. The van der Waals surface area contributed by atoms with Gasteiger partial charge in [0.15, 0.2) is 5.03 Å². The maximum Gasteiger partial charge on any atom is 0.260 e. The lowest BCUT2D eigenvalue weighted by Crippen LogP contribution is -2.37. The first-order valence-corrected chi connectivity index (χ1v) is 8.98. The van der Waals surface area contributed by atoms with Crippen molar-refractivity contribution >= 4 is 10.0 Å². The second-order valence-corrected chi connectivity index (χ2v) is 7.68. The molecule has 0 amide bonds. The number of likely N-dealkylation sites (tertiary alicyclic amines) is 1. The molecule has 118 valence electrons. The van der Waals surface area contributed by atoms with Crippen molar-refractivity contribution < 1.29 is 8.42 Å². The van der Waals surface area contributed by atoms with Crippen LogP contribution in [0.5, 0.6) is 0 Å². The predicted molar refractivity (Wildman–Crippen MR) is 79.3 cm³/mol. The van der Waals surface area contributed by atoms with Gasteiger partial charge in [-0.1, -0.05) is 0 Å². The van der Waals surface area contributed by atoms with E-state index >= 15 is 0 Å². The fourth-order valence-electron chi connectivity index (χ4n) is 3.30. The molecule has 0 bridgehead atoms. The van der Waals surface area contributed by atoms with E-state index in [9.17, 15) is 8.42 Å². The van der Waals surface area contributed by atoms with E-state index in [0.29, 0.717) is 31.2 Å². The highest BCUT2D eigenvalue weighted by Crippen LogP contribution is 2.26. The lowest BCUT2D eigenvalue weighted by molar-refractivity contribution is 0.251. The number of nitrogens with zero attached hydrogens (tertiary/aromatic N) is 3. The minimum absolute atomic E-state index is 0.235. The van der Waals surface area contributed by atoms with Gasteiger partial charge in [0.2, 0.25) is 0 Å². The SMILES string of the molecule is CNCc1cn[nH]c1S(=O)(=O)N1CCC(N2CCCC2)C1. The summed E-state index contributed by atoms with van der Waals surface area (Å²) >= 11 is 0. The molecule has 3 heterocycles. The largest absolute Gasteiger partial charge is 0.316 e. The van der Waals surface area contributed by atoms with Crippen LogP contribution in [-0.4, -0.2) is 67.1 Å². The fraction of sp³-hybridized carbons (Fsp3) is 0.769. The van der Waals surface area contributed by atoms with Crippen LogP contribution in [0.1, 0.15) is 24.8 Å². The van der Waals surface area contributed by atoms with E-state index in [4.69, 9.17) is 0 Å². The summed E-state index contributed by atoms with van der Waals surface area (Å²) in [5.74, 6) is 0. The molecule has 2 N–H and O–H groups in total. The second-order valence-electron chi connectivity index (χ2n) is 5.80. The second kappa shape index (κ2) is 6.04. The Morgan fingerprint density at radius 2 is 2.14 bits per heavy atom. The average molecular weight is 313 g/mol. The molecule has 7 nitrogen and oxygen atoms in total. The smallest absolute Gasteiger partial charge is 0.260 e. The van der Waals surface area contributed by atoms with Crippen LogP contribution >= 0.6 is 0 Å². The van der Waals surface area contributed by atoms with Crippen molar-refractivity contribution in [3.63, 3.8) is 0 Å². The standard InChI is InChI=1S/C13H23N5O2S/c1-14-8-11-9-15-16-13(11)21(19,20)18-7-4-12(10-18)17-5-2-3-6-17/h9,12,14H,2-8,10H2,1H3,(H,15,16). The van der Waals surface area contributed by atoms with Crippen molar-refractivity contribution in [1.29, 1.82) is 0 Å². The van der Waals surface area contributed by atoms with Gasteiger partial charge in [-0.15, -0.1) is 0 Å². The first kappa shape index (κ1) is 15.0. The molecule has 2 fully saturated rings.